The predicted molar refractivity (Wildman–Crippen MR) is 95.5 cm³/mol. The van der Waals surface area contributed by atoms with Crippen molar-refractivity contribution >= 4 is 32.7 Å². The molecule has 3 rings (SSSR count). The lowest BCUT2D eigenvalue weighted by Gasteiger charge is -2.17. The summed E-state index contributed by atoms with van der Waals surface area (Å²) < 4.78 is 2.71. The van der Waals surface area contributed by atoms with Gasteiger partial charge in [-0.3, -0.25) is 9.59 Å². The van der Waals surface area contributed by atoms with E-state index in [0.29, 0.717) is 11.4 Å². The molecule has 4 nitrogen and oxygen atoms in total. The monoisotopic (exact) mass is 376 g/mol. The molecule has 1 aliphatic carbocycles. The van der Waals surface area contributed by atoms with Crippen LogP contribution in [0.1, 0.15) is 38.5 Å². The van der Waals surface area contributed by atoms with Crippen molar-refractivity contribution in [3.05, 3.63) is 45.2 Å². The van der Waals surface area contributed by atoms with Crippen LogP contribution in [0.5, 0.6) is 0 Å². The van der Waals surface area contributed by atoms with Crippen molar-refractivity contribution in [1.29, 1.82) is 0 Å². The number of carbonyl (C=O) groups is 1. The van der Waals surface area contributed by atoms with Crippen LogP contribution in [0.3, 0.4) is 0 Å². The van der Waals surface area contributed by atoms with Crippen LogP contribution in [0.25, 0.3) is 10.9 Å². The molecule has 0 aliphatic heterocycles. The number of rotatable bonds is 3. The summed E-state index contributed by atoms with van der Waals surface area (Å²) in [6, 6.07) is 7.39. The van der Waals surface area contributed by atoms with E-state index in [0.717, 1.165) is 22.8 Å². The minimum atomic E-state index is -0.0262. The molecule has 1 aliphatic rings. The first-order chi connectivity index (χ1) is 11.1. The van der Waals surface area contributed by atoms with Crippen LogP contribution >= 0.6 is 15.9 Å². The predicted octanol–water partition coefficient (Wildman–Crippen LogP) is 3.60. The first-order valence-corrected chi connectivity index (χ1v) is 9.01. The molecule has 1 N–H and O–H groups in total. The van der Waals surface area contributed by atoms with Crippen molar-refractivity contribution in [1.82, 2.24) is 9.88 Å². The molecule has 1 fully saturated rings. The van der Waals surface area contributed by atoms with Crippen LogP contribution in [0.4, 0.5) is 0 Å². The second-order valence-corrected chi connectivity index (χ2v) is 7.14. The Hall–Kier alpha value is -1.62. The molecule has 0 radical (unpaired) electrons. The van der Waals surface area contributed by atoms with Crippen LogP contribution in [-0.2, 0) is 11.3 Å². The van der Waals surface area contributed by atoms with Crippen molar-refractivity contribution in [3.63, 3.8) is 0 Å². The summed E-state index contributed by atoms with van der Waals surface area (Å²) in [5.74, 6) is 0.0183. The maximum absolute atomic E-state index is 12.4. The topological polar surface area (TPSA) is 51.1 Å². The molecule has 1 aromatic heterocycles. The summed E-state index contributed by atoms with van der Waals surface area (Å²) in [4.78, 5) is 24.4. The molecular weight excluding hydrogens is 356 g/mol. The Balaban J connectivity index is 1.77. The number of carbonyl (C=O) groups excluding carboxylic acids is 1. The van der Waals surface area contributed by atoms with Gasteiger partial charge in [0, 0.05) is 28.2 Å². The average Bonchev–Trinajstić information content (AvgIpc) is 2.79. The molecule has 1 saturated carbocycles. The van der Waals surface area contributed by atoms with E-state index in [9.17, 15) is 9.59 Å². The molecule has 23 heavy (non-hydrogen) atoms. The van der Waals surface area contributed by atoms with Gasteiger partial charge in [-0.25, -0.2) is 0 Å². The number of amides is 1. The quantitative estimate of drug-likeness (QED) is 0.831. The maximum Gasteiger partial charge on any atom is 0.240 e. The van der Waals surface area contributed by atoms with E-state index in [1.54, 1.807) is 12.3 Å². The Morgan fingerprint density at radius 3 is 2.65 bits per heavy atom. The number of pyridine rings is 1. The van der Waals surface area contributed by atoms with E-state index in [1.165, 1.54) is 31.7 Å². The molecule has 1 aromatic carbocycles. The lowest BCUT2D eigenvalue weighted by molar-refractivity contribution is -0.122. The van der Waals surface area contributed by atoms with Crippen LogP contribution in [0.15, 0.2) is 39.7 Å². The minimum absolute atomic E-state index is 0.0183. The number of nitrogens with zero attached hydrogens (tertiary/aromatic N) is 1. The summed E-state index contributed by atoms with van der Waals surface area (Å²) in [5, 5.41) is 3.78. The maximum atomic E-state index is 12.4. The van der Waals surface area contributed by atoms with E-state index >= 15 is 0 Å². The third-order valence-corrected chi connectivity index (χ3v) is 4.97. The summed E-state index contributed by atoms with van der Waals surface area (Å²) in [5.41, 5.74) is 0.762. The molecule has 0 atom stereocenters. The molecular formula is C18H21BrN2O2. The SMILES string of the molecule is O=C(Cn1ccc(=O)c2cc(Br)ccc21)NC1CCCCCC1. The number of benzene rings is 1. The number of hydrogen-bond acceptors (Lipinski definition) is 2. The van der Waals surface area contributed by atoms with Crippen molar-refractivity contribution < 1.29 is 4.79 Å². The summed E-state index contributed by atoms with van der Waals surface area (Å²) in [7, 11) is 0. The highest BCUT2D eigenvalue weighted by molar-refractivity contribution is 9.10. The molecule has 0 bridgehead atoms. The van der Waals surface area contributed by atoms with Gasteiger partial charge in [-0.05, 0) is 31.0 Å². The molecule has 0 spiro atoms. The Kier molecular flexibility index (Phi) is 5.16. The average molecular weight is 377 g/mol. The van der Waals surface area contributed by atoms with Gasteiger partial charge in [0.2, 0.25) is 5.91 Å². The van der Waals surface area contributed by atoms with Gasteiger partial charge in [0.05, 0.1) is 5.52 Å². The van der Waals surface area contributed by atoms with Gasteiger partial charge in [0.25, 0.3) is 0 Å². The lowest BCUT2D eigenvalue weighted by atomic mass is 10.1. The van der Waals surface area contributed by atoms with E-state index in [-0.39, 0.29) is 17.9 Å². The summed E-state index contributed by atoms with van der Waals surface area (Å²) >= 11 is 3.39. The third kappa shape index (κ3) is 4.02. The Bertz CT molecular complexity index is 761. The second-order valence-electron chi connectivity index (χ2n) is 6.23. The van der Waals surface area contributed by atoms with E-state index in [1.807, 2.05) is 16.7 Å². The van der Waals surface area contributed by atoms with E-state index < -0.39 is 0 Å². The fourth-order valence-corrected chi connectivity index (χ4v) is 3.63. The number of aromatic nitrogens is 1. The van der Waals surface area contributed by atoms with E-state index in [4.69, 9.17) is 0 Å². The molecule has 2 aromatic rings. The summed E-state index contributed by atoms with van der Waals surface area (Å²) in [6.07, 6.45) is 8.77. The number of halogens is 1. The number of fused-ring (bicyclic) bond motifs is 1. The van der Waals surface area contributed by atoms with Crippen molar-refractivity contribution in [2.24, 2.45) is 0 Å². The second kappa shape index (κ2) is 7.30. The minimum Gasteiger partial charge on any atom is -0.352 e. The molecule has 0 unspecified atom stereocenters. The van der Waals surface area contributed by atoms with Crippen LogP contribution in [0, 0.1) is 0 Å². The fraction of sp³-hybridized carbons (Fsp3) is 0.444. The molecule has 1 heterocycles. The van der Waals surface area contributed by atoms with Gasteiger partial charge in [0.1, 0.15) is 6.54 Å². The highest BCUT2D eigenvalue weighted by atomic mass is 79.9. The van der Waals surface area contributed by atoms with E-state index in [2.05, 4.69) is 21.2 Å². The molecule has 0 saturated heterocycles. The lowest BCUT2D eigenvalue weighted by Crippen LogP contribution is -2.36. The van der Waals surface area contributed by atoms with Gasteiger partial charge in [0.15, 0.2) is 5.43 Å². The zero-order valence-electron chi connectivity index (χ0n) is 13.1. The van der Waals surface area contributed by atoms with Crippen molar-refractivity contribution in [2.45, 2.75) is 51.1 Å². The highest BCUT2D eigenvalue weighted by Crippen LogP contribution is 2.18. The zero-order chi connectivity index (χ0) is 16.2. The van der Waals surface area contributed by atoms with Gasteiger partial charge in [-0.1, -0.05) is 41.6 Å². The van der Waals surface area contributed by atoms with Crippen LogP contribution < -0.4 is 10.7 Å². The Labute approximate surface area is 144 Å². The fourth-order valence-electron chi connectivity index (χ4n) is 3.27. The largest absolute Gasteiger partial charge is 0.352 e. The first kappa shape index (κ1) is 16.2. The van der Waals surface area contributed by atoms with Crippen molar-refractivity contribution in [3.8, 4) is 0 Å². The Morgan fingerprint density at radius 2 is 1.91 bits per heavy atom. The van der Waals surface area contributed by atoms with Crippen LogP contribution in [-0.4, -0.2) is 16.5 Å². The zero-order valence-corrected chi connectivity index (χ0v) is 14.6. The van der Waals surface area contributed by atoms with Gasteiger partial charge in [-0.2, -0.15) is 0 Å². The molecule has 5 heteroatoms. The first-order valence-electron chi connectivity index (χ1n) is 8.21. The number of nitrogens with one attached hydrogen (secondary N) is 1. The Morgan fingerprint density at radius 1 is 1.17 bits per heavy atom. The third-order valence-electron chi connectivity index (χ3n) is 4.47. The normalized spacial score (nSPS) is 16.2. The molecule has 122 valence electrons. The van der Waals surface area contributed by atoms with Gasteiger partial charge < -0.3 is 9.88 Å². The smallest absolute Gasteiger partial charge is 0.240 e. The standard InChI is InChI=1S/C18H21BrN2O2/c19-13-7-8-16-15(11-13)17(22)9-10-21(16)12-18(23)20-14-5-3-1-2-4-6-14/h7-11,14H,1-6,12H2,(H,20,23). The van der Waals surface area contributed by atoms with Crippen LogP contribution in [0.2, 0.25) is 0 Å². The van der Waals surface area contributed by atoms with Gasteiger partial charge in [-0.15, -0.1) is 0 Å². The number of hydrogen-bond donors (Lipinski definition) is 1. The van der Waals surface area contributed by atoms with Crippen molar-refractivity contribution in [2.75, 3.05) is 0 Å². The highest BCUT2D eigenvalue weighted by Gasteiger charge is 2.15. The molecule has 1 amide bonds. The summed E-state index contributed by atoms with van der Waals surface area (Å²) in [6.45, 7) is 0.245. The van der Waals surface area contributed by atoms with Gasteiger partial charge >= 0.3 is 0 Å².